The molecule has 0 aliphatic carbocycles. The van der Waals surface area contributed by atoms with Crippen LogP contribution in [0.2, 0.25) is 0 Å². The number of aliphatic hydroxyl groups excluding tert-OH is 1. The number of ether oxygens (including phenoxy) is 1. The molecule has 1 heterocycles. The highest BCUT2D eigenvalue weighted by Gasteiger charge is 2.25. The van der Waals surface area contributed by atoms with Crippen molar-refractivity contribution in [1.29, 1.82) is 0 Å². The third-order valence-corrected chi connectivity index (χ3v) is 2.35. The predicted octanol–water partition coefficient (Wildman–Crippen LogP) is 1.88. The zero-order chi connectivity index (χ0) is 9.19. The SMILES string of the molecule is CC1=CCCC(C)(C)OC1CO. The van der Waals surface area contributed by atoms with Gasteiger partial charge >= 0.3 is 0 Å². The van der Waals surface area contributed by atoms with Crippen LogP contribution in [0.1, 0.15) is 33.6 Å². The highest BCUT2D eigenvalue weighted by Crippen LogP contribution is 2.26. The van der Waals surface area contributed by atoms with Gasteiger partial charge in [-0.2, -0.15) is 0 Å². The van der Waals surface area contributed by atoms with Crippen LogP contribution in [-0.4, -0.2) is 23.4 Å². The van der Waals surface area contributed by atoms with E-state index < -0.39 is 0 Å². The summed E-state index contributed by atoms with van der Waals surface area (Å²) >= 11 is 0. The van der Waals surface area contributed by atoms with Gasteiger partial charge in [-0.1, -0.05) is 6.08 Å². The van der Waals surface area contributed by atoms with E-state index >= 15 is 0 Å². The van der Waals surface area contributed by atoms with Crippen LogP contribution in [0, 0.1) is 0 Å². The minimum atomic E-state index is -0.0956. The van der Waals surface area contributed by atoms with E-state index in [-0.39, 0.29) is 18.3 Å². The first-order valence-corrected chi connectivity index (χ1v) is 4.50. The highest BCUT2D eigenvalue weighted by atomic mass is 16.5. The maximum atomic E-state index is 9.05. The van der Waals surface area contributed by atoms with Crippen LogP contribution >= 0.6 is 0 Å². The second kappa shape index (κ2) is 3.58. The molecule has 0 aromatic rings. The Morgan fingerprint density at radius 1 is 1.67 bits per heavy atom. The molecule has 1 atom stereocenters. The van der Waals surface area contributed by atoms with Gasteiger partial charge in [0, 0.05) is 0 Å². The average molecular weight is 170 g/mol. The zero-order valence-corrected chi connectivity index (χ0v) is 8.13. The maximum absolute atomic E-state index is 9.05. The fraction of sp³-hybridized carbons (Fsp3) is 0.800. The normalized spacial score (nSPS) is 29.3. The molecule has 1 rings (SSSR count). The molecule has 1 aliphatic heterocycles. The molecule has 2 heteroatoms. The van der Waals surface area contributed by atoms with Crippen molar-refractivity contribution in [1.82, 2.24) is 0 Å². The van der Waals surface area contributed by atoms with Crippen molar-refractivity contribution in [2.75, 3.05) is 6.61 Å². The number of rotatable bonds is 1. The molecule has 0 saturated carbocycles. The third kappa shape index (κ3) is 2.32. The Balaban J connectivity index is 2.69. The van der Waals surface area contributed by atoms with Gasteiger partial charge in [0.05, 0.1) is 12.2 Å². The standard InChI is InChI=1S/C10H18O2/c1-8-5-4-6-10(2,3)12-9(8)7-11/h5,9,11H,4,6-7H2,1-3H3. The van der Waals surface area contributed by atoms with Crippen molar-refractivity contribution >= 4 is 0 Å². The van der Waals surface area contributed by atoms with Gasteiger partial charge in [-0.05, 0) is 39.2 Å². The van der Waals surface area contributed by atoms with E-state index in [0.717, 1.165) is 18.4 Å². The monoisotopic (exact) mass is 170 g/mol. The highest BCUT2D eigenvalue weighted by molar-refractivity contribution is 5.08. The Kier molecular flexibility index (Phi) is 2.91. The Bertz CT molecular complexity index is 182. The summed E-state index contributed by atoms with van der Waals surface area (Å²) < 4.78 is 5.74. The molecular weight excluding hydrogens is 152 g/mol. The largest absolute Gasteiger partial charge is 0.393 e. The number of aliphatic hydroxyl groups is 1. The van der Waals surface area contributed by atoms with E-state index in [0.29, 0.717) is 0 Å². The first kappa shape index (κ1) is 9.75. The summed E-state index contributed by atoms with van der Waals surface area (Å²) in [6.07, 6.45) is 4.15. The van der Waals surface area contributed by atoms with E-state index in [4.69, 9.17) is 9.84 Å². The maximum Gasteiger partial charge on any atom is 0.102 e. The minimum absolute atomic E-state index is 0.0891. The van der Waals surface area contributed by atoms with E-state index in [1.165, 1.54) is 0 Å². The molecule has 0 saturated heterocycles. The van der Waals surface area contributed by atoms with Crippen molar-refractivity contribution in [2.45, 2.75) is 45.3 Å². The van der Waals surface area contributed by atoms with Crippen LogP contribution in [0.25, 0.3) is 0 Å². The minimum Gasteiger partial charge on any atom is -0.393 e. The number of allylic oxidation sites excluding steroid dienone is 1. The van der Waals surface area contributed by atoms with Crippen molar-refractivity contribution in [3.8, 4) is 0 Å². The summed E-state index contributed by atoms with van der Waals surface area (Å²) in [7, 11) is 0. The lowest BCUT2D eigenvalue weighted by Crippen LogP contribution is -2.31. The molecule has 0 aromatic carbocycles. The van der Waals surface area contributed by atoms with Crippen molar-refractivity contribution in [3.05, 3.63) is 11.6 Å². The van der Waals surface area contributed by atoms with E-state index in [1.807, 2.05) is 6.92 Å². The van der Waals surface area contributed by atoms with Gasteiger partial charge < -0.3 is 9.84 Å². The lowest BCUT2D eigenvalue weighted by atomic mass is 10.0. The summed E-state index contributed by atoms with van der Waals surface area (Å²) in [5.74, 6) is 0. The Morgan fingerprint density at radius 2 is 2.33 bits per heavy atom. The summed E-state index contributed by atoms with van der Waals surface area (Å²) in [4.78, 5) is 0. The van der Waals surface area contributed by atoms with Gasteiger partial charge in [-0.25, -0.2) is 0 Å². The van der Waals surface area contributed by atoms with Crippen molar-refractivity contribution < 1.29 is 9.84 Å². The summed E-state index contributed by atoms with van der Waals surface area (Å²) in [6.45, 7) is 6.25. The van der Waals surface area contributed by atoms with Crippen LogP contribution in [0.15, 0.2) is 11.6 Å². The average Bonchev–Trinajstić information content (AvgIpc) is 2.10. The predicted molar refractivity (Wildman–Crippen MR) is 49.0 cm³/mol. The van der Waals surface area contributed by atoms with E-state index in [2.05, 4.69) is 19.9 Å². The molecule has 0 amide bonds. The van der Waals surface area contributed by atoms with Crippen LogP contribution in [-0.2, 0) is 4.74 Å². The van der Waals surface area contributed by atoms with Gasteiger partial charge in [0.15, 0.2) is 0 Å². The second-order valence-corrected chi connectivity index (χ2v) is 4.04. The molecule has 1 aliphatic rings. The summed E-state index contributed by atoms with van der Waals surface area (Å²) in [5, 5.41) is 9.05. The molecule has 0 spiro atoms. The molecule has 1 unspecified atom stereocenters. The summed E-state index contributed by atoms with van der Waals surface area (Å²) in [5.41, 5.74) is 1.06. The van der Waals surface area contributed by atoms with Gasteiger partial charge in [-0.15, -0.1) is 0 Å². The molecule has 2 nitrogen and oxygen atoms in total. The zero-order valence-electron chi connectivity index (χ0n) is 8.13. The molecule has 1 N–H and O–H groups in total. The van der Waals surface area contributed by atoms with Gasteiger partial charge in [-0.3, -0.25) is 0 Å². The molecule has 70 valence electrons. The lowest BCUT2D eigenvalue weighted by molar-refractivity contribution is -0.0734. The van der Waals surface area contributed by atoms with E-state index in [9.17, 15) is 0 Å². The fourth-order valence-electron chi connectivity index (χ4n) is 1.50. The summed E-state index contributed by atoms with van der Waals surface area (Å²) in [6, 6.07) is 0. The van der Waals surface area contributed by atoms with Crippen molar-refractivity contribution in [2.24, 2.45) is 0 Å². The Labute approximate surface area is 74.2 Å². The first-order valence-electron chi connectivity index (χ1n) is 4.50. The van der Waals surface area contributed by atoms with Crippen LogP contribution in [0.4, 0.5) is 0 Å². The van der Waals surface area contributed by atoms with Gasteiger partial charge in [0.1, 0.15) is 6.10 Å². The lowest BCUT2D eigenvalue weighted by Gasteiger charge is -2.27. The van der Waals surface area contributed by atoms with E-state index in [1.54, 1.807) is 0 Å². The smallest absolute Gasteiger partial charge is 0.102 e. The molecule has 0 bridgehead atoms. The third-order valence-electron chi connectivity index (χ3n) is 2.35. The Hall–Kier alpha value is -0.340. The molecule has 0 fully saturated rings. The quantitative estimate of drug-likeness (QED) is 0.609. The van der Waals surface area contributed by atoms with Crippen LogP contribution in [0.3, 0.4) is 0 Å². The Morgan fingerprint density at radius 3 is 2.92 bits per heavy atom. The van der Waals surface area contributed by atoms with Crippen LogP contribution < -0.4 is 0 Å². The van der Waals surface area contributed by atoms with Crippen LogP contribution in [0.5, 0.6) is 0 Å². The molecule has 12 heavy (non-hydrogen) atoms. The topological polar surface area (TPSA) is 29.5 Å². The number of hydrogen-bond donors (Lipinski definition) is 1. The number of hydrogen-bond acceptors (Lipinski definition) is 2. The fourth-order valence-corrected chi connectivity index (χ4v) is 1.50. The molecule has 0 aromatic heterocycles. The van der Waals surface area contributed by atoms with Gasteiger partial charge in [0.25, 0.3) is 0 Å². The van der Waals surface area contributed by atoms with Crippen molar-refractivity contribution in [3.63, 3.8) is 0 Å². The first-order chi connectivity index (χ1) is 5.55. The van der Waals surface area contributed by atoms with Gasteiger partial charge in [0.2, 0.25) is 0 Å². The second-order valence-electron chi connectivity index (χ2n) is 4.04. The molecule has 0 radical (unpaired) electrons. The molecular formula is C10H18O2.